The lowest BCUT2D eigenvalue weighted by Crippen LogP contribution is -2.36. The van der Waals surface area contributed by atoms with Crippen molar-refractivity contribution < 1.29 is 14.3 Å². The molecule has 1 saturated carbocycles. The fourth-order valence-electron chi connectivity index (χ4n) is 4.71. The van der Waals surface area contributed by atoms with E-state index < -0.39 is 0 Å². The van der Waals surface area contributed by atoms with Crippen LogP contribution in [0.5, 0.6) is 11.5 Å². The van der Waals surface area contributed by atoms with Gasteiger partial charge in [-0.2, -0.15) is 0 Å². The number of carbonyl (C=O) groups excluding carboxylic acids is 1. The summed E-state index contributed by atoms with van der Waals surface area (Å²) in [5, 5.41) is 4.15. The summed E-state index contributed by atoms with van der Waals surface area (Å²) >= 11 is 1.69. The molecule has 0 unspecified atom stereocenters. The highest BCUT2D eigenvalue weighted by molar-refractivity contribution is 7.16. The quantitative estimate of drug-likeness (QED) is 0.662. The van der Waals surface area contributed by atoms with Gasteiger partial charge in [0, 0.05) is 17.1 Å². The molecule has 2 aromatic rings. The Balaban J connectivity index is 1.45. The molecule has 0 atom stereocenters. The predicted molar refractivity (Wildman–Crippen MR) is 120 cm³/mol. The molecule has 5 rings (SSSR count). The summed E-state index contributed by atoms with van der Waals surface area (Å²) in [5.41, 5.74) is 4.12. The van der Waals surface area contributed by atoms with E-state index in [0.717, 1.165) is 65.3 Å². The summed E-state index contributed by atoms with van der Waals surface area (Å²) in [6, 6.07) is 4.26. The molecule has 1 amide bonds. The van der Waals surface area contributed by atoms with E-state index in [9.17, 15) is 4.79 Å². The standard InChI is InChI=1S/C24H28N2O3S/c1-15-11-19-20(29-14-28-19)12-16(15)13-25-24-22(18-9-5-6-10-21(18)30-24)23(27)26-17-7-3-2-4-8-17/h11-13,17H,2-10,14H2,1H3,(H,26,27). The third kappa shape index (κ3) is 3.85. The predicted octanol–water partition coefficient (Wildman–Crippen LogP) is 5.48. The Morgan fingerprint density at radius 3 is 2.70 bits per heavy atom. The van der Waals surface area contributed by atoms with Gasteiger partial charge < -0.3 is 14.8 Å². The Kier molecular flexibility index (Phi) is 5.50. The van der Waals surface area contributed by atoms with Crippen molar-refractivity contribution in [3.8, 4) is 11.5 Å². The smallest absolute Gasteiger partial charge is 0.254 e. The van der Waals surface area contributed by atoms with Gasteiger partial charge in [0.1, 0.15) is 5.00 Å². The summed E-state index contributed by atoms with van der Waals surface area (Å²) in [7, 11) is 0. The van der Waals surface area contributed by atoms with Gasteiger partial charge in [-0.1, -0.05) is 19.3 Å². The molecule has 6 heteroatoms. The van der Waals surface area contributed by atoms with Crippen molar-refractivity contribution in [1.82, 2.24) is 5.32 Å². The minimum Gasteiger partial charge on any atom is -0.454 e. The summed E-state index contributed by atoms with van der Waals surface area (Å²) in [6.45, 7) is 2.30. The highest BCUT2D eigenvalue weighted by Gasteiger charge is 2.27. The Labute approximate surface area is 181 Å². The number of carbonyl (C=O) groups is 1. The average Bonchev–Trinajstić information content (AvgIpc) is 3.36. The molecule has 1 aliphatic heterocycles. The molecule has 0 spiro atoms. The first kappa shape index (κ1) is 19.6. The van der Waals surface area contributed by atoms with Crippen LogP contribution >= 0.6 is 11.3 Å². The van der Waals surface area contributed by atoms with Gasteiger partial charge in [-0.15, -0.1) is 11.3 Å². The van der Waals surface area contributed by atoms with Crippen molar-refractivity contribution in [3.05, 3.63) is 39.3 Å². The number of fused-ring (bicyclic) bond motifs is 2. The van der Waals surface area contributed by atoms with Gasteiger partial charge >= 0.3 is 0 Å². The first-order valence-electron chi connectivity index (χ1n) is 11.1. The summed E-state index contributed by atoms with van der Waals surface area (Å²) in [6.07, 6.45) is 12.1. The van der Waals surface area contributed by atoms with Gasteiger partial charge in [0.25, 0.3) is 5.91 Å². The zero-order valence-electron chi connectivity index (χ0n) is 17.5. The summed E-state index contributed by atoms with van der Waals surface area (Å²) in [4.78, 5) is 19.4. The number of hydrogen-bond donors (Lipinski definition) is 1. The monoisotopic (exact) mass is 424 g/mol. The van der Waals surface area contributed by atoms with Gasteiger partial charge in [0.2, 0.25) is 6.79 Å². The first-order valence-corrected chi connectivity index (χ1v) is 11.9. The van der Waals surface area contributed by atoms with E-state index in [2.05, 4.69) is 5.32 Å². The second kappa shape index (κ2) is 8.42. The van der Waals surface area contributed by atoms with Crippen LogP contribution < -0.4 is 14.8 Å². The van der Waals surface area contributed by atoms with Crippen LogP contribution in [-0.4, -0.2) is 25.0 Å². The van der Waals surface area contributed by atoms with Crippen LogP contribution in [0.25, 0.3) is 0 Å². The highest BCUT2D eigenvalue weighted by Crippen LogP contribution is 2.40. The van der Waals surface area contributed by atoms with Gasteiger partial charge in [0.15, 0.2) is 11.5 Å². The van der Waals surface area contributed by atoms with Crippen molar-refractivity contribution in [2.75, 3.05) is 6.79 Å². The molecule has 3 aliphatic rings. The van der Waals surface area contributed by atoms with Crippen LogP contribution in [0.3, 0.4) is 0 Å². The zero-order chi connectivity index (χ0) is 20.5. The number of nitrogens with zero attached hydrogens (tertiary/aromatic N) is 1. The van der Waals surface area contributed by atoms with E-state index in [1.54, 1.807) is 11.3 Å². The molecular formula is C24H28N2O3S. The lowest BCUT2D eigenvalue weighted by Gasteiger charge is -2.23. The number of aryl methyl sites for hydroxylation is 2. The van der Waals surface area contributed by atoms with E-state index in [1.165, 1.54) is 36.1 Å². The summed E-state index contributed by atoms with van der Waals surface area (Å²) < 4.78 is 11.0. The molecule has 1 fully saturated rings. The van der Waals surface area contributed by atoms with Crippen LogP contribution in [0.4, 0.5) is 5.00 Å². The molecule has 2 aliphatic carbocycles. The van der Waals surface area contributed by atoms with Crippen LogP contribution in [0.1, 0.15) is 76.9 Å². The summed E-state index contributed by atoms with van der Waals surface area (Å²) in [5.74, 6) is 1.60. The largest absolute Gasteiger partial charge is 0.454 e. The SMILES string of the molecule is Cc1cc2c(cc1C=Nc1sc3c(c1C(=O)NC1CCCCC1)CCCC3)OCO2. The maximum atomic E-state index is 13.3. The average molecular weight is 425 g/mol. The Morgan fingerprint density at radius 1 is 1.10 bits per heavy atom. The lowest BCUT2D eigenvalue weighted by atomic mass is 9.93. The molecular weight excluding hydrogens is 396 g/mol. The van der Waals surface area contributed by atoms with Gasteiger partial charge in [-0.3, -0.25) is 4.79 Å². The van der Waals surface area contributed by atoms with E-state index in [-0.39, 0.29) is 12.7 Å². The molecule has 158 valence electrons. The molecule has 1 aromatic heterocycles. The second-order valence-corrected chi connectivity index (χ2v) is 9.60. The molecule has 2 heterocycles. The number of benzene rings is 1. The molecule has 0 radical (unpaired) electrons. The highest BCUT2D eigenvalue weighted by atomic mass is 32.1. The minimum absolute atomic E-state index is 0.0656. The zero-order valence-corrected chi connectivity index (χ0v) is 18.3. The number of aliphatic imine (C=N–C) groups is 1. The lowest BCUT2D eigenvalue weighted by molar-refractivity contribution is 0.0927. The Morgan fingerprint density at radius 2 is 1.87 bits per heavy atom. The van der Waals surface area contributed by atoms with Gasteiger partial charge in [0.05, 0.1) is 5.56 Å². The Bertz CT molecular complexity index is 989. The fourth-order valence-corrected chi connectivity index (χ4v) is 5.94. The molecule has 5 nitrogen and oxygen atoms in total. The third-order valence-corrected chi connectivity index (χ3v) is 7.60. The Hall–Kier alpha value is -2.34. The van der Waals surface area contributed by atoms with Crippen LogP contribution in [-0.2, 0) is 12.8 Å². The third-order valence-electron chi connectivity index (χ3n) is 6.40. The number of hydrogen-bond acceptors (Lipinski definition) is 5. The normalized spacial score (nSPS) is 18.6. The van der Waals surface area contributed by atoms with Crippen molar-refractivity contribution in [1.29, 1.82) is 0 Å². The topological polar surface area (TPSA) is 59.9 Å². The van der Waals surface area contributed by atoms with Gasteiger partial charge in [-0.25, -0.2) is 4.99 Å². The molecule has 0 saturated heterocycles. The van der Waals surface area contributed by atoms with Crippen LogP contribution in [0, 0.1) is 6.92 Å². The molecule has 1 aromatic carbocycles. The van der Waals surface area contributed by atoms with Gasteiger partial charge in [-0.05, 0) is 74.3 Å². The second-order valence-electron chi connectivity index (χ2n) is 8.52. The minimum atomic E-state index is 0.0656. The molecule has 1 N–H and O–H groups in total. The number of amides is 1. The van der Waals surface area contributed by atoms with Crippen molar-refractivity contribution in [2.24, 2.45) is 4.99 Å². The molecule has 30 heavy (non-hydrogen) atoms. The van der Waals surface area contributed by atoms with Crippen LogP contribution in [0.2, 0.25) is 0 Å². The number of ether oxygens (including phenoxy) is 2. The number of nitrogens with one attached hydrogen (secondary N) is 1. The van der Waals surface area contributed by atoms with Crippen molar-refractivity contribution >= 4 is 28.5 Å². The van der Waals surface area contributed by atoms with E-state index >= 15 is 0 Å². The van der Waals surface area contributed by atoms with E-state index in [4.69, 9.17) is 14.5 Å². The van der Waals surface area contributed by atoms with Crippen molar-refractivity contribution in [3.63, 3.8) is 0 Å². The maximum absolute atomic E-state index is 13.3. The van der Waals surface area contributed by atoms with Crippen molar-refractivity contribution in [2.45, 2.75) is 70.8 Å². The first-order chi connectivity index (χ1) is 14.7. The molecule has 0 bridgehead atoms. The number of thiophene rings is 1. The van der Waals surface area contributed by atoms with E-state index in [1.807, 2.05) is 25.3 Å². The fraction of sp³-hybridized carbons (Fsp3) is 0.500. The number of rotatable bonds is 4. The maximum Gasteiger partial charge on any atom is 0.254 e. The van der Waals surface area contributed by atoms with Crippen LogP contribution in [0.15, 0.2) is 17.1 Å². The van der Waals surface area contributed by atoms with E-state index in [0.29, 0.717) is 6.04 Å².